The van der Waals surface area contributed by atoms with Crippen LogP contribution < -0.4 is 0 Å². The van der Waals surface area contributed by atoms with E-state index < -0.39 is 5.41 Å². The number of ketones is 1. The second-order valence-corrected chi connectivity index (χ2v) is 6.03. The predicted octanol–water partition coefficient (Wildman–Crippen LogP) is 4.79. The summed E-state index contributed by atoms with van der Waals surface area (Å²) in [5.74, 6) is 0.303. The topological polar surface area (TPSA) is 17.1 Å². The Balaban J connectivity index is 2.05. The molecule has 0 spiro atoms. The van der Waals surface area contributed by atoms with Crippen LogP contribution in [0.4, 0.5) is 0 Å². The van der Waals surface area contributed by atoms with E-state index in [1.165, 1.54) is 11.1 Å². The minimum absolute atomic E-state index is 0.0551. The number of aryl methyl sites for hydroxylation is 1. The average molecular weight is 276 g/mol. The van der Waals surface area contributed by atoms with Crippen molar-refractivity contribution in [3.05, 3.63) is 83.9 Å². The summed E-state index contributed by atoms with van der Waals surface area (Å²) in [5, 5.41) is 0. The molecule has 1 aliphatic rings. The maximum atomic E-state index is 13.1. The zero-order valence-corrected chi connectivity index (χ0v) is 12.4. The zero-order valence-electron chi connectivity index (χ0n) is 12.4. The second kappa shape index (κ2) is 5.33. The molecule has 0 aromatic heterocycles. The van der Waals surface area contributed by atoms with Crippen LogP contribution in [0, 0.1) is 5.41 Å². The van der Waals surface area contributed by atoms with Gasteiger partial charge in [-0.05, 0) is 24.0 Å². The second-order valence-electron chi connectivity index (χ2n) is 6.03. The van der Waals surface area contributed by atoms with Gasteiger partial charge in [-0.3, -0.25) is 4.79 Å². The van der Waals surface area contributed by atoms with Gasteiger partial charge in [0.25, 0.3) is 0 Å². The molecule has 3 rings (SSSR count). The summed E-state index contributed by atoms with van der Waals surface area (Å²) in [6.07, 6.45) is 3.76. The molecule has 21 heavy (non-hydrogen) atoms. The zero-order chi connectivity index (χ0) is 14.9. The number of carbonyl (C=O) groups is 1. The molecule has 0 saturated heterocycles. The predicted molar refractivity (Wildman–Crippen MR) is 86.6 cm³/mol. The molecule has 0 radical (unpaired) electrons. The van der Waals surface area contributed by atoms with Crippen LogP contribution in [-0.2, 0) is 6.42 Å². The van der Waals surface area contributed by atoms with E-state index in [1.807, 2.05) is 42.5 Å². The van der Waals surface area contributed by atoms with E-state index in [0.29, 0.717) is 0 Å². The van der Waals surface area contributed by atoms with Crippen molar-refractivity contribution < 1.29 is 4.79 Å². The van der Waals surface area contributed by atoms with Gasteiger partial charge in [-0.15, -0.1) is 6.58 Å². The monoisotopic (exact) mass is 276 g/mol. The van der Waals surface area contributed by atoms with E-state index in [9.17, 15) is 4.79 Å². The minimum Gasteiger partial charge on any atom is -0.294 e. The first kappa shape index (κ1) is 13.8. The molecular formula is C20H20O. The van der Waals surface area contributed by atoms with Gasteiger partial charge < -0.3 is 0 Å². The van der Waals surface area contributed by atoms with Crippen LogP contribution in [0.15, 0.2) is 67.3 Å². The number of hydrogen-bond acceptors (Lipinski definition) is 1. The first-order valence-electron chi connectivity index (χ1n) is 7.47. The Hall–Kier alpha value is -2.15. The highest BCUT2D eigenvalue weighted by Gasteiger charge is 2.43. The molecule has 1 heteroatoms. The van der Waals surface area contributed by atoms with Crippen LogP contribution in [0.1, 0.15) is 40.7 Å². The number of hydrogen-bond donors (Lipinski definition) is 0. The van der Waals surface area contributed by atoms with E-state index in [0.717, 1.165) is 18.4 Å². The van der Waals surface area contributed by atoms with Gasteiger partial charge in [0.15, 0.2) is 5.78 Å². The summed E-state index contributed by atoms with van der Waals surface area (Å²) in [6, 6.07) is 18.2. The summed E-state index contributed by atoms with van der Waals surface area (Å²) in [6.45, 7) is 6.08. The quantitative estimate of drug-likeness (QED) is 0.736. The van der Waals surface area contributed by atoms with E-state index >= 15 is 0 Å². The van der Waals surface area contributed by atoms with Crippen LogP contribution in [0.5, 0.6) is 0 Å². The largest absolute Gasteiger partial charge is 0.294 e. The Morgan fingerprint density at radius 2 is 1.76 bits per heavy atom. The van der Waals surface area contributed by atoms with Gasteiger partial charge in [-0.1, -0.05) is 67.6 Å². The number of rotatable bonds is 3. The summed E-state index contributed by atoms with van der Waals surface area (Å²) in [5.41, 5.74) is 2.82. The van der Waals surface area contributed by atoms with Gasteiger partial charge in [-0.25, -0.2) is 0 Å². The highest BCUT2D eigenvalue weighted by atomic mass is 16.1. The third kappa shape index (κ3) is 2.23. The van der Waals surface area contributed by atoms with E-state index in [-0.39, 0.29) is 11.7 Å². The number of benzene rings is 2. The highest BCUT2D eigenvalue weighted by molar-refractivity contribution is 6.03. The van der Waals surface area contributed by atoms with E-state index in [1.54, 1.807) is 0 Å². The van der Waals surface area contributed by atoms with Gasteiger partial charge >= 0.3 is 0 Å². The number of fused-ring (bicyclic) bond motifs is 1. The Bertz CT molecular complexity index is 671. The fourth-order valence-electron chi connectivity index (χ4n) is 3.50. The van der Waals surface area contributed by atoms with Crippen molar-refractivity contribution in [3.63, 3.8) is 0 Å². The Labute approximate surface area is 126 Å². The highest BCUT2D eigenvalue weighted by Crippen LogP contribution is 2.46. The number of Topliss-reactive ketones (excluding diaryl/α,β-unsaturated/α-hetero) is 1. The number of carbonyl (C=O) groups excluding carboxylic acids is 1. The van der Waals surface area contributed by atoms with Crippen LogP contribution in [-0.4, -0.2) is 5.78 Å². The van der Waals surface area contributed by atoms with Gasteiger partial charge in [0.2, 0.25) is 0 Å². The third-order valence-electron chi connectivity index (χ3n) is 4.78. The van der Waals surface area contributed by atoms with Crippen molar-refractivity contribution in [1.29, 1.82) is 0 Å². The maximum absolute atomic E-state index is 13.1. The van der Waals surface area contributed by atoms with Crippen molar-refractivity contribution >= 4 is 5.78 Å². The molecule has 0 heterocycles. The Morgan fingerprint density at radius 3 is 2.48 bits per heavy atom. The molecule has 2 atom stereocenters. The lowest BCUT2D eigenvalue weighted by Crippen LogP contribution is -2.38. The molecule has 0 aliphatic heterocycles. The smallest absolute Gasteiger partial charge is 0.169 e. The van der Waals surface area contributed by atoms with Gasteiger partial charge in [-0.2, -0.15) is 0 Å². The average Bonchev–Trinajstić information content (AvgIpc) is 2.53. The normalized spacial score (nSPS) is 22.4. The first-order valence-corrected chi connectivity index (χ1v) is 7.47. The number of allylic oxidation sites excluding steroid dienone is 1. The van der Waals surface area contributed by atoms with Crippen molar-refractivity contribution in [2.75, 3.05) is 0 Å². The maximum Gasteiger partial charge on any atom is 0.169 e. The van der Waals surface area contributed by atoms with Gasteiger partial charge in [0, 0.05) is 16.9 Å². The van der Waals surface area contributed by atoms with Crippen LogP contribution in [0.3, 0.4) is 0 Å². The summed E-state index contributed by atoms with van der Waals surface area (Å²) in [7, 11) is 0. The third-order valence-corrected chi connectivity index (χ3v) is 4.78. The molecule has 0 saturated carbocycles. The van der Waals surface area contributed by atoms with Crippen molar-refractivity contribution in [1.82, 2.24) is 0 Å². The Kier molecular flexibility index (Phi) is 3.50. The SMILES string of the molecule is C=C[C@H](c1ccccc1)[C@]1(C)CCc2ccccc2C1=O. The van der Waals surface area contributed by atoms with E-state index in [4.69, 9.17) is 0 Å². The molecule has 1 nitrogen and oxygen atoms in total. The molecule has 2 aromatic carbocycles. The van der Waals surface area contributed by atoms with Crippen molar-refractivity contribution in [2.24, 2.45) is 5.41 Å². The molecule has 0 unspecified atom stereocenters. The molecule has 2 aromatic rings. The fourth-order valence-corrected chi connectivity index (χ4v) is 3.50. The lowest BCUT2D eigenvalue weighted by Gasteiger charge is -2.39. The van der Waals surface area contributed by atoms with Crippen LogP contribution >= 0.6 is 0 Å². The molecule has 106 valence electrons. The van der Waals surface area contributed by atoms with E-state index in [2.05, 4.69) is 31.7 Å². The van der Waals surface area contributed by atoms with Gasteiger partial charge in [0.05, 0.1) is 0 Å². The standard InChI is InChI=1S/C20H20O/c1-3-18(16-10-5-4-6-11-16)20(2)14-13-15-9-7-8-12-17(15)19(20)21/h3-12,18H,1,13-14H2,2H3/t18-,20+/m1/s1. The lowest BCUT2D eigenvalue weighted by molar-refractivity contribution is 0.0760. The minimum atomic E-state index is -0.405. The Morgan fingerprint density at radius 1 is 1.10 bits per heavy atom. The summed E-state index contributed by atoms with van der Waals surface area (Å²) in [4.78, 5) is 13.1. The summed E-state index contributed by atoms with van der Waals surface area (Å²) >= 11 is 0. The van der Waals surface area contributed by atoms with Gasteiger partial charge in [0.1, 0.15) is 0 Å². The molecular weight excluding hydrogens is 256 g/mol. The molecule has 0 N–H and O–H groups in total. The first-order chi connectivity index (χ1) is 10.2. The molecule has 0 bridgehead atoms. The lowest BCUT2D eigenvalue weighted by atomic mass is 9.63. The van der Waals surface area contributed by atoms with Crippen LogP contribution in [0.25, 0.3) is 0 Å². The van der Waals surface area contributed by atoms with Crippen molar-refractivity contribution in [2.45, 2.75) is 25.7 Å². The van der Waals surface area contributed by atoms with Crippen molar-refractivity contribution in [3.8, 4) is 0 Å². The van der Waals surface area contributed by atoms with Crippen LogP contribution in [0.2, 0.25) is 0 Å². The summed E-state index contributed by atoms with van der Waals surface area (Å²) < 4.78 is 0. The molecule has 0 amide bonds. The molecule has 0 fully saturated rings. The fraction of sp³-hybridized carbons (Fsp3) is 0.250. The molecule has 1 aliphatic carbocycles.